The van der Waals surface area contributed by atoms with Crippen molar-refractivity contribution < 1.29 is 9.47 Å². The summed E-state index contributed by atoms with van der Waals surface area (Å²) in [5, 5.41) is 3.46. The van der Waals surface area contributed by atoms with Gasteiger partial charge >= 0.3 is 0 Å². The molecular weight excluding hydrogens is 322 g/mol. The molecule has 2 rings (SSSR count). The van der Waals surface area contributed by atoms with Crippen LogP contribution in [0.2, 0.25) is 0 Å². The van der Waals surface area contributed by atoms with E-state index in [1.165, 1.54) is 5.56 Å². The van der Waals surface area contributed by atoms with E-state index in [1.54, 1.807) is 0 Å². The van der Waals surface area contributed by atoms with Crippen molar-refractivity contribution in [3.05, 3.63) is 65.7 Å². The molecule has 3 nitrogen and oxygen atoms in total. The molecular formula is C23H27NO2. The lowest BCUT2D eigenvalue weighted by molar-refractivity contribution is 0.297. The summed E-state index contributed by atoms with van der Waals surface area (Å²) >= 11 is 0. The van der Waals surface area contributed by atoms with Crippen molar-refractivity contribution >= 4 is 5.69 Å². The van der Waals surface area contributed by atoms with E-state index in [0.29, 0.717) is 25.3 Å². The van der Waals surface area contributed by atoms with Crippen LogP contribution in [0.4, 0.5) is 5.69 Å². The number of ether oxygens (including phenoxy) is 2. The molecule has 0 fully saturated rings. The molecule has 0 atom stereocenters. The second-order valence-electron chi connectivity index (χ2n) is 5.90. The molecule has 0 aliphatic rings. The molecule has 2 aromatic rings. The predicted molar refractivity (Wildman–Crippen MR) is 109 cm³/mol. The first kappa shape index (κ1) is 19.5. The fourth-order valence-corrected chi connectivity index (χ4v) is 2.74. The Morgan fingerprint density at radius 1 is 1.12 bits per heavy atom. The Morgan fingerprint density at radius 3 is 2.50 bits per heavy atom. The number of hydrogen-bond acceptors (Lipinski definition) is 3. The van der Waals surface area contributed by atoms with Crippen LogP contribution in [0.25, 0.3) is 0 Å². The molecule has 0 saturated heterocycles. The normalized spacial score (nSPS) is 10.0. The monoisotopic (exact) mass is 349 g/mol. The molecule has 26 heavy (non-hydrogen) atoms. The lowest BCUT2D eigenvalue weighted by atomic mass is 10.1. The molecule has 0 aliphatic carbocycles. The lowest BCUT2D eigenvalue weighted by Crippen LogP contribution is -2.06. The Labute approximate surface area is 157 Å². The summed E-state index contributed by atoms with van der Waals surface area (Å²) in [5.41, 5.74) is 4.58. The zero-order valence-corrected chi connectivity index (χ0v) is 15.7. The Balaban J connectivity index is 2.23. The molecule has 0 aromatic heterocycles. The van der Waals surface area contributed by atoms with Gasteiger partial charge in [0.15, 0.2) is 11.5 Å². The van der Waals surface area contributed by atoms with Gasteiger partial charge in [-0.3, -0.25) is 0 Å². The maximum Gasteiger partial charge on any atom is 0.166 e. The molecule has 0 heterocycles. The topological polar surface area (TPSA) is 30.5 Å². The Morgan fingerprint density at radius 2 is 1.88 bits per heavy atom. The summed E-state index contributed by atoms with van der Waals surface area (Å²) in [6.07, 6.45) is 8.93. The molecule has 0 bridgehead atoms. The van der Waals surface area contributed by atoms with E-state index in [2.05, 4.69) is 55.1 Å². The number of nitrogens with one attached hydrogen (secondary N) is 1. The molecule has 136 valence electrons. The minimum Gasteiger partial charge on any atom is -0.490 e. The number of allylic oxidation sites excluding steroid dienone is 1. The molecule has 0 aliphatic heterocycles. The van der Waals surface area contributed by atoms with E-state index in [1.807, 2.05) is 19.1 Å². The van der Waals surface area contributed by atoms with Gasteiger partial charge in [-0.05, 0) is 55.2 Å². The standard InChI is InChI=1S/C23H27NO2/c1-5-9-20-15-19(16-22(25-8-4)23(20)26-14-6-2)17-24-21-12-10-18(7-3)11-13-21/h2,5,10-13,15-16,24H,1,7-9,14,17H2,3-4H3. The maximum atomic E-state index is 5.79. The van der Waals surface area contributed by atoms with Gasteiger partial charge < -0.3 is 14.8 Å². The van der Waals surface area contributed by atoms with Crippen molar-refractivity contribution in [2.45, 2.75) is 33.2 Å². The molecule has 0 amide bonds. The number of benzene rings is 2. The molecule has 2 aromatic carbocycles. The van der Waals surface area contributed by atoms with Crippen molar-refractivity contribution in [3.63, 3.8) is 0 Å². The largest absolute Gasteiger partial charge is 0.490 e. The van der Waals surface area contributed by atoms with Gasteiger partial charge in [0, 0.05) is 17.8 Å². The van der Waals surface area contributed by atoms with Crippen LogP contribution in [-0.2, 0) is 19.4 Å². The van der Waals surface area contributed by atoms with Gasteiger partial charge in [-0.1, -0.05) is 31.1 Å². The van der Waals surface area contributed by atoms with Crippen LogP contribution in [0.15, 0.2) is 49.1 Å². The van der Waals surface area contributed by atoms with Crippen LogP contribution < -0.4 is 14.8 Å². The molecule has 0 spiro atoms. The molecule has 0 unspecified atom stereocenters. The van der Waals surface area contributed by atoms with Crippen LogP contribution in [0.3, 0.4) is 0 Å². The molecule has 0 saturated carbocycles. The van der Waals surface area contributed by atoms with Gasteiger partial charge in [0.2, 0.25) is 0 Å². The maximum absolute atomic E-state index is 5.79. The zero-order chi connectivity index (χ0) is 18.8. The van der Waals surface area contributed by atoms with E-state index in [4.69, 9.17) is 15.9 Å². The Bertz CT molecular complexity index is 757. The van der Waals surface area contributed by atoms with Crippen molar-refractivity contribution in [2.75, 3.05) is 18.5 Å². The first-order valence-electron chi connectivity index (χ1n) is 9.00. The van der Waals surface area contributed by atoms with Gasteiger partial charge in [-0.15, -0.1) is 13.0 Å². The SMILES string of the molecule is C#CCOc1c(CC=C)cc(CNc2ccc(CC)cc2)cc1OCC. The summed E-state index contributed by atoms with van der Waals surface area (Å²) in [6.45, 7) is 9.43. The minimum absolute atomic E-state index is 0.214. The average molecular weight is 349 g/mol. The highest BCUT2D eigenvalue weighted by Crippen LogP contribution is 2.34. The quantitative estimate of drug-likeness (QED) is 0.484. The summed E-state index contributed by atoms with van der Waals surface area (Å²) < 4.78 is 11.5. The van der Waals surface area contributed by atoms with Crippen LogP contribution >= 0.6 is 0 Å². The van der Waals surface area contributed by atoms with Gasteiger partial charge in [0.1, 0.15) is 6.61 Å². The minimum atomic E-state index is 0.214. The number of anilines is 1. The fourth-order valence-electron chi connectivity index (χ4n) is 2.74. The fraction of sp³-hybridized carbons (Fsp3) is 0.304. The van der Waals surface area contributed by atoms with E-state index in [9.17, 15) is 0 Å². The molecule has 0 radical (unpaired) electrons. The van der Waals surface area contributed by atoms with E-state index < -0.39 is 0 Å². The summed E-state index contributed by atoms with van der Waals surface area (Å²) in [4.78, 5) is 0. The van der Waals surface area contributed by atoms with Crippen molar-refractivity contribution in [1.82, 2.24) is 0 Å². The van der Waals surface area contributed by atoms with E-state index in [0.717, 1.165) is 29.0 Å². The van der Waals surface area contributed by atoms with Crippen molar-refractivity contribution in [2.24, 2.45) is 0 Å². The lowest BCUT2D eigenvalue weighted by Gasteiger charge is -2.17. The van der Waals surface area contributed by atoms with Crippen LogP contribution in [0.1, 0.15) is 30.5 Å². The van der Waals surface area contributed by atoms with E-state index >= 15 is 0 Å². The Hall–Kier alpha value is -2.86. The van der Waals surface area contributed by atoms with Crippen LogP contribution in [0.5, 0.6) is 11.5 Å². The number of hydrogen-bond donors (Lipinski definition) is 1. The van der Waals surface area contributed by atoms with Gasteiger partial charge in [0.05, 0.1) is 6.61 Å². The Kier molecular flexibility index (Phi) is 7.64. The smallest absolute Gasteiger partial charge is 0.166 e. The highest BCUT2D eigenvalue weighted by molar-refractivity contribution is 5.52. The first-order valence-corrected chi connectivity index (χ1v) is 9.00. The predicted octanol–water partition coefficient (Wildman–Crippen LogP) is 5.00. The van der Waals surface area contributed by atoms with E-state index in [-0.39, 0.29) is 6.61 Å². The van der Waals surface area contributed by atoms with Crippen molar-refractivity contribution in [3.8, 4) is 23.8 Å². The highest BCUT2D eigenvalue weighted by atomic mass is 16.5. The van der Waals surface area contributed by atoms with Crippen LogP contribution in [-0.4, -0.2) is 13.2 Å². The molecule has 3 heteroatoms. The van der Waals surface area contributed by atoms with Gasteiger partial charge in [-0.2, -0.15) is 0 Å². The number of terminal acetylenes is 1. The second-order valence-corrected chi connectivity index (χ2v) is 5.90. The summed E-state index contributed by atoms with van der Waals surface area (Å²) in [7, 11) is 0. The van der Waals surface area contributed by atoms with Gasteiger partial charge in [0.25, 0.3) is 0 Å². The zero-order valence-electron chi connectivity index (χ0n) is 15.7. The summed E-state index contributed by atoms with van der Waals surface area (Å²) in [5.74, 6) is 3.94. The third-order valence-electron chi connectivity index (χ3n) is 4.01. The van der Waals surface area contributed by atoms with Crippen molar-refractivity contribution in [1.29, 1.82) is 0 Å². The third kappa shape index (κ3) is 5.32. The third-order valence-corrected chi connectivity index (χ3v) is 4.01. The van der Waals surface area contributed by atoms with Crippen LogP contribution in [0, 0.1) is 12.3 Å². The second kappa shape index (κ2) is 10.2. The molecule has 1 N–H and O–H groups in total. The first-order chi connectivity index (χ1) is 12.7. The number of aryl methyl sites for hydroxylation is 1. The number of rotatable bonds is 10. The highest BCUT2D eigenvalue weighted by Gasteiger charge is 2.13. The van der Waals surface area contributed by atoms with Gasteiger partial charge in [-0.25, -0.2) is 0 Å². The summed E-state index contributed by atoms with van der Waals surface area (Å²) in [6, 6.07) is 12.6. The average Bonchev–Trinajstić information content (AvgIpc) is 2.66.